The van der Waals surface area contributed by atoms with Gasteiger partial charge in [0.2, 0.25) is 0 Å². The zero-order valence-corrected chi connectivity index (χ0v) is 14.0. The Morgan fingerprint density at radius 1 is 1.17 bits per heavy atom. The molecule has 0 bridgehead atoms. The van der Waals surface area contributed by atoms with Crippen LogP contribution in [-0.2, 0) is 6.42 Å². The van der Waals surface area contributed by atoms with Crippen LogP contribution in [0.3, 0.4) is 0 Å². The highest BCUT2D eigenvalue weighted by Gasteiger charge is 2.25. The number of carbonyl (C=O) groups excluding carboxylic acids is 2. The van der Waals surface area contributed by atoms with Crippen LogP contribution in [0.4, 0.5) is 5.69 Å². The molecule has 1 aliphatic carbocycles. The van der Waals surface area contributed by atoms with Crippen molar-refractivity contribution < 1.29 is 9.59 Å². The van der Waals surface area contributed by atoms with E-state index in [-0.39, 0.29) is 17.3 Å². The molecule has 1 amide bonds. The maximum Gasteiger partial charge on any atom is 0.261 e. The minimum Gasteiger partial charge on any atom is -0.325 e. The predicted molar refractivity (Wildman–Crippen MR) is 92.7 cm³/mol. The Bertz CT molecular complexity index is 896. The number of nitrogens with one attached hydrogen (secondary N) is 2. The first-order chi connectivity index (χ1) is 11.3. The Kier molecular flexibility index (Phi) is 4.09. The first-order valence-corrected chi connectivity index (χ1v) is 8.03. The van der Waals surface area contributed by atoms with Gasteiger partial charge in [-0.3, -0.25) is 14.4 Å². The molecule has 1 atom stereocenters. The van der Waals surface area contributed by atoms with Gasteiger partial charge in [0.15, 0.2) is 5.78 Å². The molecule has 0 aliphatic heterocycles. The molecule has 0 unspecified atom stereocenters. The highest BCUT2D eigenvalue weighted by atomic mass is 16.2. The largest absolute Gasteiger partial charge is 0.325 e. The molecule has 1 aliphatic rings. The number of aryl methyl sites for hydroxylation is 2. The zero-order valence-electron chi connectivity index (χ0n) is 14.0. The van der Waals surface area contributed by atoms with Gasteiger partial charge in [-0.25, -0.2) is 0 Å². The number of anilines is 1. The van der Waals surface area contributed by atoms with E-state index in [2.05, 4.69) is 10.3 Å². The quantitative estimate of drug-likeness (QED) is 0.891. The van der Waals surface area contributed by atoms with E-state index in [4.69, 9.17) is 0 Å². The van der Waals surface area contributed by atoms with Crippen molar-refractivity contribution in [3.05, 3.63) is 62.6 Å². The molecule has 24 heavy (non-hydrogen) atoms. The summed E-state index contributed by atoms with van der Waals surface area (Å²) in [5, 5.41) is 2.77. The second-order valence-electron chi connectivity index (χ2n) is 6.61. The van der Waals surface area contributed by atoms with Crippen molar-refractivity contribution in [2.24, 2.45) is 5.92 Å². The number of fused-ring (bicyclic) bond motifs is 1. The smallest absolute Gasteiger partial charge is 0.261 e. The Hall–Kier alpha value is -2.69. The Labute approximate surface area is 140 Å². The van der Waals surface area contributed by atoms with Gasteiger partial charge in [0.1, 0.15) is 5.56 Å². The number of ketones is 1. The summed E-state index contributed by atoms with van der Waals surface area (Å²) in [5.41, 5.74) is 3.19. The van der Waals surface area contributed by atoms with Crippen LogP contribution < -0.4 is 10.9 Å². The number of amides is 1. The van der Waals surface area contributed by atoms with Crippen LogP contribution in [0.15, 0.2) is 29.1 Å². The first kappa shape index (κ1) is 16.2. The third-order valence-corrected chi connectivity index (χ3v) is 4.40. The van der Waals surface area contributed by atoms with Crippen molar-refractivity contribution in [1.82, 2.24) is 4.98 Å². The fourth-order valence-electron chi connectivity index (χ4n) is 3.05. The van der Waals surface area contributed by atoms with Crippen LogP contribution in [-0.4, -0.2) is 16.7 Å². The molecule has 0 spiro atoms. The Balaban J connectivity index is 1.96. The van der Waals surface area contributed by atoms with Crippen molar-refractivity contribution in [3.63, 3.8) is 0 Å². The van der Waals surface area contributed by atoms with E-state index in [1.807, 2.05) is 39.0 Å². The summed E-state index contributed by atoms with van der Waals surface area (Å²) >= 11 is 0. The minimum absolute atomic E-state index is 0.0270. The summed E-state index contributed by atoms with van der Waals surface area (Å²) in [7, 11) is 0. The van der Waals surface area contributed by atoms with E-state index in [0.717, 1.165) is 11.1 Å². The highest BCUT2D eigenvalue weighted by Crippen LogP contribution is 2.24. The third kappa shape index (κ3) is 3.02. The van der Waals surface area contributed by atoms with Gasteiger partial charge in [0.25, 0.3) is 11.5 Å². The molecule has 2 N–H and O–H groups in total. The van der Waals surface area contributed by atoms with E-state index in [1.54, 1.807) is 0 Å². The average molecular weight is 324 g/mol. The van der Waals surface area contributed by atoms with Crippen LogP contribution >= 0.6 is 0 Å². The molecule has 0 saturated heterocycles. The number of pyridine rings is 1. The SMILES string of the molecule is Cc1ccc(C)c(NC(=O)c2cc3c([nH]c2=O)C[C@@H](C)CC3=O)c1. The Morgan fingerprint density at radius 2 is 1.92 bits per heavy atom. The molecule has 1 aromatic heterocycles. The van der Waals surface area contributed by atoms with Gasteiger partial charge in [-0.1, -0.05) is 19.1 Å². The number of hydrogen-bond donors (Lipinski definition) is 2. The van der Waals surface area contributed by atoms with Gasteiger partial charge in [-0.05, 0) is 49.4 Å². The molecule has 0 saturated carbocycles. The minimum atomic E-state index is -0.501. The number of aromatic amines is 1. The summed E-state index contributed by atoms with van der Waals surface area (Å²) in [5.74, 6) is -0.324. The number of carbonyl (C=O) groups is 2. The summed E-state index contributed by atoms with van der Waals surface area (Å²) in [6, 6.07) is 7.15. The monoisotopic (exact) mass is 324 g/mol. The van der Waals surface area contributed by atoms with Gasteiger partial charge < -0.3 is 10.3 Å². The number of benzene rings is 1. The number of aromatic nitrogens is 1. The van der Waals surface area contributed by atoms with Crippen LogP contribution in [0.25, 0.3) is 0 Å². The van der Waals surface area contributed by atoms with Crippen molar-refractivity contribution in [2.45, 2.75) is 33.6 Å². The van der Waals surface area contributed by atoms with Crippen LogP contribution in [0, 0.1) is 19.8 Å². The molecule has 5 heteroatoms. The predicted octanol–water partition coefficient (Wildman–Crippen LogP) is 3.01. The summed E-state index contributed by atoms with van der Waals surface area (Å²) in [6.45, 7) is 5.79. The zero-order chi connectivity index (χ0) is 17.4. The van der Waals surface area contributed by atoms with Crippen LogP contribution in [0.5, 0.6) is 0 Å². The average Bonchev–Trinajstić information content (AvgIpc) is 2.50. The van der Waals surface area contributed by atoms with Gasteiger partial charge >= 0.3 is 0 Å². The highest BCUT2D eigenvalue weighted by molar-refractivity contribution is 6.07. The van der Waals surface area contributed by atoms with Gasteiger partial charge in [0.05, 0.1) is 0 Å². The van der Waals surface area contributed by atoms with E-state index in [0.29, 0.717) is 29.8 Å². The van der Waals surface area contributed by atoms with E-state index < -0.39 is 11.5 Å². The molecule has 0 fully saturated rings. The summed E-state index contributed by atoms with van der Waals surface area (Å²) in [4.78, 5) is 39.7. The summed E-state index contributed by atoms with van der Waals surface area (Å²) in [6.07, 6.45) is 1.09. The topological polar surface area (TPSA) is 79.0 Å². The normalized spacial score (nSPS) is 16.6. The lowest BCUT2D eigenvalue weighted by Gasteiger charge is -2.20. The molecule has 3 rings (SSSR count). The number of rotatable bonds is 2. The molecule has 1 aromatic carbocycles. The molecular weight excluding hydrogens is 304 g/mol. The lowest BCUT2D eigenvalue weighted by atomic mass is 9.86. The maximum atomic E-state index is 12.5. The maximum absolute atomic E-state index is 12.5. The van der Waals surface area contributed by atoms with Crippen molar-refractivity contribution in [2.75, 3.05) is 5.32 Å². The molecule has 0 radical (unpaired) electrons. The molecule has 124 valence electrons. The van der Waals surface area contributed by atoms with Crippen LogP contribution in [0.1, 0.15) is 50.9 Å². The van der Waals surface area contributed by atoms with Gasteiger partial charge in [-0.15, -0.1) is 0 Å². The van der Waals surface area contributed by atoms with Crippen LogP contribution in [0.2, 0.25) is 0 Å². The van der Waals surface area contributed by atoms with Gasteiger partial charge in [0, 0.05) is 23.4 Å². The lowest BCUT2D eigenvalue weighted by molar-refractivity contribution is 0.0952. The van der Waals surface area contributed by atoms with Crippen molar-refractivity contribution >= 4 is 17.4 Å². The molecular formula is C19H20N2O3. The second kappa shape index (κ2) is 6.07. The standard InChI is InChI=1S/C19H20N2O3/c1-10-4-5-12(3)15(6-10)20-18(23)14-9-13-16(21-19(14)24)7-11(2)8-17(13)22/h4-6,9,11H,7-8H2,1-3H3,(H,20,23)(H,21,24)/t11-/m1/s1. The fourth-order valence-corrected chi connectivity index (χ4v) is 3.05. The summed E-state index contributed by atoms with van der Waals surface area (Å²) < 4.78 is 0. The molecule has 2 aromatic rings. The first-order valence-electron chi connectivity index (χ1n) is 8.03. The third-order valence-electron chi connectivity index (χ3n) is 4.40. The van der Waals surface area contributed by atoms with E-state index in [9.17, 15) is 14.4 Å². The molecule has 5 nitrogen and oxygen atoms in total. The lowest BCUT2D eigenvalue weighted by Crippen LogP contribution is -2.29. The van der Waals surface area contributed by atoms with Crippen molar-refractivity contribution in [3.8, 4) is 0 Å². The van der Waals surface area contributed by atoms with E-state index in [1.165, 1.54) is 6.07 Å². The number of Topliss-reactive ketones (excluding diaryl/α,β-unsaturated/α-hetero) is 1. The fraction of sp³-hybridized carbons (Fsp3) is 0.316. The number of H-pyrrole nitrogens is 1. The Morgan fingerprint density at radius 3 is 2.67 bits per heavy atom. The van der Waals surface area contributed by atoms with Crippen molar-refractivity contribution in [1.29, 1.82) is 0 Å². The molecule has 1 heterocycles. The van der Waals surface area contributed by atoms with Gasteiger partial charge in [-0.2, -0.15) is 0 Å². The van der Waals surface area contributed by atoms with E-state index >= 15 is 0 Å². The second-order valence-corrected chi connectivity index (χ2v) is 6.61. The number of hydrogen-bond acceptors (Lipinski definition) is 3.